The third-order valence-corrected chi connectivity index (χ3v) is 3.58. The predicted molar refractivity (Wildman–Crippen MR) is 94.8 cm³/mol. The molecule has 0 heterocycles. The molecule has 0 aliphatic rings. The van der Waals surface area contributed by atoms with E-state index < -0.39 is 0 Å². The van der Waals surface area contributed by atoms with Gasteiger partial charge in [0.15, 0.2) is 0 Å². The van der Waals surface area contributed by atoms with Crippen LogP contribution in [0.5, 0.6) is 11.5 Å². The van der Waals surface area contributed by atoms with Gasteiger partial charge in [-0.15, -0.1) is 0 Å². The summed E-state index contributed by atoms with van der Waals surface area (Å²) in [5, 5.41) is 5.54. The Morgan fingerprint density at radius 2 is 1.56 bits per heavy atom. The third-order valence-electron chi connectivity index (χ3n) is 3.58. The van der Waals surface area contributed by atoms with Crippen molar-refractivity contribution in [2.75, 3.05) is 20.8 Å². The van der Waals surface area contributed by atoms with E-state index in [9.17, 15) is 9.59 Å². The highest BCUT2D eigenvalue weighted by Gasteiger charge is 2.10. The monoisotopic (exact) mass is 342 g/mol. The largest absolute Gasteiger partial charge is 0.497 e. The van der Waals surface area contributed by atoms with Crippen LogP contribution in [0.2, 0.25) is 0 Å². The maximum atomic E-state index is 12.2. The standard InChI is InChI=1S/C19H22N2O4/c1-24-16-10-15(11-17(12-16)25-2)19(23)20-9-8-18(22)21-13-14-6-4-3-5-7-14/h3-7,10-12H,8-9,13H2,1-2H3,(H,20,23)(H,21,22). The van der Waals surface area contributed by atoms with Crippen molar-refractivity contribution < 1.29 is 19.1 Å². The van der Waals surface area contributed by atoms with Gasteiger partial charge in [-0.05, 0) is 17.7 Å². The van der Waals surface area contributed by atoms with Crippen molar-refractivity contribution in [3.05, 3.63) is 59.7 Å². The maximum Gasteiger partial charge on any atom is 0.251 e. The summed E-state index contributed by atoms with van der Waals surface area (Å²) in [6.45, 7) is 0.722. The Labute approximate surface area is 147 Å². The van der Waals surface area contributed by atoms with Crippen molar-refractivity contribution >= 4 is 11.8 Å². The molecule has 0 radical (unpaired) electrons. The van der Waals surface area contributed by atoms with Gasteiger partial charge >= 0.3 is 0 Å². The van der Waals surface area contributed by atoms with Gasteiger partial charge in [0.2, 0.25) is 5.91 Å². The SMILES string of the molecule is COc1cc(OC)cc(C(=O)NCCC(=O)NCc2ccccc2)c1. The van der Waals surface area contributed by atoms with Crippen LogP contribution in [-0.2, 0) is 11.3 Å². The van der Waals surface area contributed by atoms with E-state index in [1.54, 1.807) is 18.2 Å². The minimum absolute atomic E-state index is 0.118. The second kappa shape index (κ2) is 9.32. The lowest BCUT2D eigenvalue weighted by molar-refractivity contribution is -0.121. The molecule has 0 aliphatic heterocycles. The van der Waals surface area contributed by atoms with Crippen molar-refractivity contribution in [1.29, 1.82) is 0 Å². The zero-order valence-corrected chi connectivity index (χ0v) is 14.4. The number of amides is 2. The summed E-state index contributed by atoms with van der Waals surface area (Å²) >= 11 is 0. The molecule has 0 atom stereocenters. The van der Waals surface area contributed by atoms with Gasteiger partial charge in [0, 0.05) is 31.1 Å². The van der Waals surface area contributed by atoms with Crippen LogP contribution >= 0.6 is 0 Å². The van der Waals surface area contributed by atoms with E-state index in [2.05, 4.69) is 10.6 Å². The molecule has 0 unspecified atom stereocenters. The third kappa shape index (κ3) is 5.84. The summed E-state index contributed by atoms with van der Waals surface area (Å²) in [6.07, 6.45) is 0.208. The predicted octanol–water partition coefficient (Wildman–Crippen LogP) is 2.14. The second-order valence-electron chi connectivity index (χ2n) is 5.37. The Balaban J connectivity index is 1.79. The quantitative estimate of drug-likeness (QED) is 0.771. The van der Waals surface area contributed by atoms with Crippen LogP contribution in [0, 0.1) is 0 Å². The van der Waals surface area contributed by atoms with Crippen LogP contribution in [0.25, 0.3) is 0 Å². The van der Waals surface area contributed by atoms with E-state index in [1.165, 1.54) is 14.2 Å². The lowest BCUT2D eigenvalue weighted by atomic mass is 10.2. The van der Waals surface area contributed by atoms with Crippen molar-refractivity contribution in [3.8, 4) is 11.5 Å². The van der Waals surface area contributed by atoms with Crippen LogP contribution in [0.15, 0.2) is 48.5 Å². The van der Waals surface area contributed by atoms with Crippen LogP contribution < -0.4 is 20.1 Å². The van der Waals surface area contributed by atoms with Crippen LogP contribution in [0.1, 0.15) is 22.3 Å². The molecule has 132 valence electrons. The van der Waals surface area contributed by atoms with Gasteiger partial charge in [-0.1, -0.05) is 30.3 Å². The number of carbonyl (C=O) groups is 2. The zero-order chi connectivity index (χ0) is 18.1. The van der Waals surface area contributed by atoms with Crippen LogP contribution in [0.4, 0.5) is 0 Å². The second-order valence-corrected chi connectivity index (χ2v) is 5.37. The molecule has 0 fully saturated rings. The van der Waals surface area contributed by atoms with Gasteiger partial charge in [0.05, 0.1) is 14.2 Å². The molecule has 2 amide bonds. The molecule has 6 nitrogen and oxygen atoms in total. The van der Waals surface area contributed by atoms with Gasteiger partial charge in [-0.2, -0.15) is 0 Å². The first-order chi connectivity index (χ1) is 12.1. The maximum absolute atomic E-state index is 12.2. The molecular formula is C19H22N2O4. The summed E-state index contributed by atoms with van der Waals surface area (Å²) in [6, 6.07) is 14.6. The van der Waals surface area contributed by atoms with E-state index in [-0.39, 0.29) is 24.8 Å². The summed E-state index contributed by atoms with van der Waals surface area (Å²) in [7, 11) is 3.04. The van der Waals surface area contributed by atoms with Crippen LogP contribution in [0.3, 0.4) is 0 Å². The molecule has 0 aromatic heterocycles. The molecule has 25 heavy (non-hydrogen) atoms. The van der Waals surface area contributed by atoms with Crippen molar-refractivity contribution in [3.63, 3.8) is 0 Å². The normalized spacial score (nSPS) is 10.0. The molecule has 2 rings (SSSR count). The summed E-state index contributed by atoms with van der Waals surface area (Å²) in [5.41, 5.74) is 1.45. The highest BCUT2D eigenvalue weighted by Crippen LogP contribution is 2.22. The van der Waals surface area contributed by atoms with Gasteiger partial charge in [-0.25, -0.2) is 0 Å². The van der Waals surface area contributed by atoms with Gasteiger partial charge in [-0.3, -0.25) is 9.59 Å². The lowest BCUT2D eigenvalue weighted by Crippen LogP contribution is -2.30. The first kappa shape index (κ1) is 18.3. The fraction of sp³-hybridized carbons (Fsp3) is 0.263. The van der Waals surface area contributed by atoms with E-state index >= 15 is 0 Å². The van der Waals surface area contributed by atoms with Crippen molar-refractivity contribution in [2.45, 2.75) is 13.0 Å². The number of methoxy groups -OCH3 is 2. The Hall–Kier alpha value is -3.02. The summed E-state index contributed by atoms with van der Waals surface area (Å²) < 4.78 is 10.3. The molecule has 2 N–H and O–H groups in total. The van der Waals surface area contributed by atoms with Gasteiger partial charge < -0.3 is 20.1 Å². The first-order valence-electron chi connectivity index (χ1n) is 7.94. The van der Waals surface area contributed by atoms with E-state index in [0.29, 0.717) is 23.6 Å². The number of benzene rings is 2. The zero-order valence-electron chi connectivity index (χ0n) is 14.4. The lowest BCUT2D eigenvalue weighted by Gasteiger charge is -2.09. The molecule has 0 bridgehead atoms. The summed E-state index contributed by atoms with van der Waals surface area (Å²) in [4.78, 5) is 24.0. The molecule has 0 saturated carbocycles. The number of rotatable bonds is 8. The van der Waals surface area contributed by atoms with E-state index in [4.69, 9.17) is 9.47 Å². The van der Waals surface area contributed by atoms with Gasteiger partial charge in [0.25, 0.3) is 5.91 Å². The minimum atomic E-state index is -0.284. The van der Waals surface area contributed by atoms with Crippen molar-refractivity contribution in [1.82, 2.24) is 10.6 Å². The number of nitrogens with one attached hydrogen (secondary N) is 2. The highest BCUT2D eigenvalue weighted by molar-refractivity contribution is 5.95. The highest BCUT2D eigenvalue weighted by atomic mass is 16.5. The van der Waals surface area contributed by atoms with Crippen LogP contribution in [-0.4, -0.2) is 32.6 Å². The molecule has 0 aliphatic carbocycles. The first-order valence-corrected chi connectivity index (χ1v) is 7.94. The number of carbonyl (C=O) groups excluding carboxylic acids is 2. The smallest absolute Gasteiger partial charge is 0.251 e. The fourth-order valence-electron chi connectivity index (χ4n) is 2.22. The Bertz CT molecular complexity index is 694. The number of ether oxygens (including phenoxy) is 2. The molecule has 6 heteroatoms. The Kier molecular flexibility index (Phi) is 6.83. The average molecular weight is 342 g/mol. The minimum Gasteiger partial charge on any atom is -0.497 e. The molecular weight excluding hydrogens is 320 g/mol. The van der Waals surface area contributed by atoms with Crippen molar-refractivity contribution in [2.24, 2.45) is 0 Å². The average Bonchev–Trinajstić information content (AvgIpc) is 2.66. The topological polar surface area (TPSA) is 76.7 Å². The number of hydrogen-bond acceptors (Lipinski definition) is 4. The summed E-state index contributed by atoms with van der Waals surface area (Å²) in [5.74, 6) is 0.663. The molecule has 2 aromatic carbocycles. The van der Waals surface area contributed by atoms with Gasteiger partial charge in [0.1, 0.15) is 11.5 Å². The van der Waals surface area contributed by atoms with E-state index in [0.717, 1.165) is 5.56 Å². The molecule has 0 spiro atoms. The molecule has 0 saturated heterocycles. The number of hydrogen-bond donors (Lipinski definition) is 2. The molecule has 2 aromatic rings. The Morgan fingerprint density at radius 3 is 2.16 bits per heavy atom. The fourth-order valence-corrected chi connectivity index (χ4v) is 2.22. The Morgan fingerprint density at radius 1 is 0.920 bits per heavy atom. The van der Waals surface area contributed by atoms with E-state index in [1.807, 2.05) is 30.3 Å².